The zero-order chi connectivity index (χ0) is 14.6. The van der Waals surface area contributed by atoms with Crippen molar-refractivity contribution in [1.29, 1.82) is 0 Å². The van der Waals surface area contributed by atoms with E-state index in [2.05, 4.69) is 14.4 Å². The van der Waals surface area contributed by atoms with Crippen LogP contribution in [0.2, 0.25) is 0 Å². The second-order valence-electron chi connectivity index (χ2n) is 4.71. The molecule has 2 aromatic rings. The number of nitrogens with one attached hydrogen (secondary N) is 1. The van der Waals surface area contributed by atoms with Crippen LogP contribution in [-0.4, -0.2) is 25.2 Å². The maximum absolute atomic E-state index is 11.9. The van der Waals surface area contributed by atoms with Crippen molar-refractivity contribution < 1.29 is 18.0 Å². The maximum Gasteiger partial charge on any atom is 0.217 e. The summed E-state index contributed by atoms with van der Waals surface area (Å²) in [6.07, 6.45) is 1.31. The van der Waals surface area contributed by atoms with Crippen molar-refractivity contribution in [3.8, 4) is 0 Å². The first-order chi connectivity index (χ1) is 9.39. The average molecular weight is 296 g/mol. The SMILES string of the molecule is CC(O)(CNS(=O)(=O)Cc1ccon1)c1ccccc1. The summed E-state index contributed by atoms with van der Waals surface area (Å²) in [7, 11) is -3.58. The van der Waals surface area contributed by atoms with E-state index in [1.54, 1.807) is 31.2 Å². The van der Waals surface area contributed by atoms with Crippen LogP contribution in [0.1, 0.15) is 18.2 Å². The monoisotopic (exact) mass is 296 g/mol. The van der Waals surface area contributed by atoms with E-state index in [1.807, 2.05) is 6.07 Å². The van der Waals surface area contributed by atoms with Crippen LogP contribution in [0.25, 0.3) is 0 Å². The number of rotatable bonds is 6. The molecule has 0 aliphatic carbocycles. The topological polar surface area (TPSA) is 92.4 Å². The van der Waals surface area contributed by atoms with Crippen LogP contribution < -0.4 is 4.72 Å². The minimum Gasteiger partial charge on any atom is -0.384 e. The number of nitrogens with zero attached hydrogens (tertiary/aromatic N) is 1. The van der Waals surface area contributed by atoms with Crippen LogP contribution in [-0.2, 0) is 21.4 Å². The van der Waals surface area contributed by atoms with E-state index in [0.717, 1.165) is 0 Å². The lowest BCUT2D eigenvalue weighted by molar-refractivity contribution is 0.0627. The maximum atomic E-state index is 11.9. The van der Waals surface area contributed by atoms with Gasteiger partial charge in [0.1, 0.15) is 17.6 Å². The second kappa shape index (κ2) is 5.74. The molecule has 7 heteroatoms. The summed E-state index contributed by atoms with van der Waals surface area (Å²) in [6.45, 7) is 1.44. The molecule has 1 atom stereocenters. The molecule has 0 radical (unpaired) electrons. The Morgan fingerprint density at radius 1 is 1.30 bits per heavy atom. The fourth-order valence-electron chi connectivity index (χ4n) is 1.71. The highest BCUT2D eigenvalue weighted by molar-refractivity contribution is 7.88. The summed E-state index contributed by atoms with van der Waals surface area (Å²) in [5, 5.41) is 13.9. The van der Waals surface area contributed by atoms with Crippen LogP contribution in [0.15, 0.2) is 47.2 Å². The lowest BCUT2D eigenvalue weighted by Gasteiger charge is -2.24. The Morgan fingerprint density at radius 2 is 2.00 bits per heavy atom. The molecule has 1 aromatic carbocycles. The largest absolute Gasteiger partial charge is 0.384 e. The molecule has 0 saturated heterocycles. The fourth-order valence-corrected chi connectivity index (χ4v) is 2.85. The average Bonchev–Trinajstić information content (AvgIpc) is 2.90. The van der Waals surface area contributed by atoms with E-state index < -0.39 is 15.6 Å². The number of hydrogen-bond acceptors (Lipinski definition) is 5. The highest BCUT2D eigenvalue weighted by Crippen LogP contribution is 2.19. The summed E-state index contributed by atoms with van der Waals surface area (Å²) < 4.78 is 30.7. The first kappa shape index (κ1) is 14.7. The standard InChI is InChI=1S/C13H16N2O4S/c1-13(16,11-5-3-2-4-6-11)10-14-20(17,18)9-12-7-8-19-15-12/h2-8,14,16H,9-10H2,1H3. The van der Waals surface area contributed by atoms with Crippen molar-refractivity contribution >= 4 is 10.0 Å². The Balaban J connectivity index is 2.00. The smallest absolute Gasteiger partial charge is 0.217 e. The molecule has 20 heavy (non-hydrogen) atoms. The van der Waals surface area contributed by atoms with Gasteiger partial charge in [-0.25, -0.2) is 13.1 Å². The van der Waals surface area contributed by atoms with Gasteiger partial charge in [0.25, 0.3) is 0 Å². The van der Waals surface area contributed by atoms with Crippen molar-refractivity contribution in [3.63, 3.8) is 0 Å². The Hall–Kier alpha value is -1.70. The molecule has 0 aliphatic rings. The van der Waals surface area contributed by atoms with E-state index in [4.69, 9.17) is 0 Å². The molecule has 1 unspecified atom stereocenters. The number of sulfonamides is 1. The lowest BCUT2D eigenvalue weighted by atomic mass is 9.97. The van der Waals surface area contributed by atoms with Crippen molar-refractivity contribution in [3.05, 3.63) is 53.9 Å². The first-order valence-corrected chi connectivity index (χ1v) is 7.69. The Morgan fingerprint density at radius 3 is 2.60 bits per heavy atom. The molecule has 0 spiro atoms. The van der Waals surface area contributed by atoms with Crippen molar-refractivity contribution in [1.82, 2.24) is 9.88 Å². The first-order valence-electron chi connectivity index (χ1n) is 6.03. The molecule has 2 rings (SSSR count). The second-order valence-corrected chi connectivity index (χ2v) is 6.52. The minimum absolute atomic E-state index is 0.114. The summed E-state index contributed by atoms with van der Waals surface area (Å²) in [5.41, 5.74) is -0.320. The molecule has 1 heterocycles. The number of aromatic nitrogens is 1. The van der Waals surface area contributed by atoms with Gasteiger partial charge < -0.3 is 9.63 Å². The van der Waals surface area contributed by atoms with E-state index in [-0.39, 0.29) is 12.3 Å². The highest BCUT2D eigenvalue weighted by Gasteiger charge is 2.25. The summed E-state index contributed by atoms with van der Waals surface area (Å²) in [5.74, 6) is -0.283. The quantitative estimate of drug-likeness (QED) is 0.829. The van der Waals surface area contributed by atoms with E-state index in [1.165, 1.54) is 12.3 Å². The highest BCUT2D eigenvalue weighted by atomic mass is 32.2. The van der Waals surface area contributed by atoms with Crippen LogP contribution in [0.3, 0.4) is 0 Å². The zero-order valence-corrected chi connectivity index (χ0v) is 11.8. The molecule has 0 bridgehead atoms. The molecular formula is C13H16N2O4S. The molecular weight excluding hydrogens is 280 g/mol. The molecule has 2 N–H and O–H groups in total. The van der Waals surface area contributed by atoms with Gasteiger partial charge in [-0.05, 0) is 12.5 Å². The molecule has 6 nitrogen and oxygen atoms in total. The molecule has 0 amide bonds. The normalized spacial score (nSPS) is 14.9. The van der Waals surface area contributed by atoms with Crippen LogP contribution in [0, 0.1) is 0 Å². The van der Waals surface area contributed by atoms with Crippen LogP contribution in [0.4, 0.5) is 0 Å². The van der Waals surface area contributed by atoms with E-state index in [9.17, 15) is 13.5 Å². The minimum atomic E-state index is -3.58. The number of hydrogen-bond donors (Lipinski definition) is 2. The van der Waals surface area contributed by atoms with E-state index in [0.29, 0.717) is 11.3 Å². The Bertz CT molecular complexity index is 636. The van der Waals surface area contributed by atoms with Gasteiger partial charge in [-0.2, -0.15) is 0 Å². The van der Waals surface area contributed by atoms with E-state index >= 15 is 0 Å². The molecule has 1 aromatic heterocycles. The zero-order valence-electron chi connectivity index (χ0n) is 11.0. The predicted octanol–water partition coefficient (Wildman–Crippen LogP) is 1.00. The Labute approximate surface area is 117 Å². The third-order valence-corrected chi connectivity index (χ3v) is 4.12. The van der Waals surface area contributed by atoms with Crippen molar-refractivity contribution in [2.75, 3.05) is 6.54 Å². The molecule has 0 aliphatic heterocycles. The van der Waals surface area contributed by atoms with Crippen molar-refractivity contribution in [2.45, 2.75) is 18.3 Å². The van der Waals surface area contributed by atoms with Crippen molar-refractivity contribution in [2.24, 2.45) is 0 Å². The third-order valence-electron chi connectivity index (χ3n) is 2.86. The van der Waals surface area contributed by atoms with Crippen LogP contribution in [0.5, 0.6) is 0 Å². The number of benzene rings is 1. The Kier molecular flexibility index (Phi) is 4.22. The van der Waals surface area contributed by atoms with Gasteiger partial charge >= 0.3 is 0 Å². The molecule has 108 valence electrons. The molecule has 0 saturated carbocycles. The summed E-state index contributed by atoms with van der Waals surface area (Å²) >= 11 is 0. The lowest BCUT2D eigenvalue weighted by Crippen LogP contribution is -2.39. The van der Waals surface area contributed by atoms with Gasteiger partial charge in [-0.15, -0.1) is 0 Å². The summed E-state index contributed by atoms with van der Waals surface area (Å²) in [6, 6.07) is 10.4. The molecule has 0 fully saturated rings. The summed E-state index contributed by atoms with van der Waals surface area (Å²) in [4.78, 5) is 0. The van der Waals surface area contributed by atoms with Gasteiger partial charge in [0.2, 0.25) is 10.0 Å². The van der Waals surface area contributed by atoms with Gasteiger partial charge in [0.15, 0.2) is 0 Å². The van der Waals surface area contributed by atoms with Crippen LogP contribution >= 0.6 is 0 Å². The van der Waals surface area contributed by atoms with Gasteiger partial charge in [-0.1, -0.05) is 35.5 Å². The third kappa shape index (κ3) is 3.89. The fraction of sp³-hybridized carbons (Fsp3) is 0.308. The predicted molar refractivity (Wildman–Crippen MR) is 73.1 cm³/mol. The van der Waals surface area contributed by atoms with Gasteiger partial charge in [0.05, 0.1) is 5.69 Å². The van der Waals surface area contributed by atoms with Gasteiger partial charge in [0, 0.05) is 12.6 Å². The number of aliphatic hydroxyl groups is 1. The van der Waals surface area contributed by atoms with Gasteiger partial charge in [-0.3, -0.25) is 0 Å².